The first-order chi connectivity index (χ1) is 8.46. The summed E-state index contributed by atoms with van der Waals surface area (Å²) in [7, 11) is 2.12. The van der Waals surface area contributed by atoms with Gasteiger partial charge in [0.25, 0.3) is 0 Å². The molecule has 0 fully saturated rings. The van der Waals surface area contributed by atoms with Crippen molar-refractivity contribution in [3.8, 4) is 0 Å². The topological polar surface area (TPSA) is 52.6 Å². The minimum absolute atomic E-state index is 0.697. The van der Waals surface area contributed by atoms with Crippen molar-refractivity contribution in [2.75, 3.05) is 26.7 Å². The molecule has 0 amide bonds. The summed E-state index contributed by atoms with van der Waals surface area (Å²) < 4.78 is 0. The Morgan fingerprint density at radius 1 is 1.22 bits per heavy atom. The van der Waals surface area contributed by atoms with Gasteiger partial charge in [0, 0.05) is 0 Å². The molecule has 108 valence electrons. The van der Waals surface area contributed by atoms with Gasteiger partial charge in [-0.2, -0.15) is 0 Å². The predicted octanol–water partition coefficient (Wildman–Crippen LogP) is 2.34. The van der Waals surface area contributed by atoms with E-state index in [1.165, 1.54) is 6.42 Å². The third kappa shape index (κ3) is 6.97. The number of carboxylic acid groups (broad SMARTS) is 1. The van der Waals surface area contributed by atoms with Gasteiger partial charge in [0.05, 0.1) is 0 Å². The van der Waals surface area contributed by atoms with Crippen LogP contribution in [-0.4, -0.2) is 48.2 Å². The number of carboxylic acids is 1. The monoisotopic (exact) mass is 258 g/mol. The second-order valence-corrected chi connectivity index (χ2v) is 5.32. The van der Waals surface area contributed by atoms with E-state index in [-0.39, 0.29) is 0 Å². The minimum Gasteiger partial charge on any atom is -0.480 e. The number of unbranched alkanes of at least 4 members (excludes halogenated alkanes) is 1. The Morgan fingerprint density at radius 3 is 2.39 bits per heavy atom. The van der Waals surface area contributed by atoms with Gasteiger partial charge in [-0.15, -0.1) is 0 Å². The molecule has 0 bridgehead atoms. The van der Waals surface area contributed by atoms with E-state index in [9.17, 15) is 9.90 Å². The lowest BCUT2D eigenvalue weighted by Crippen LogP contribution is -2.49. The zero-order chi connectivity index (χ0) is 14.0. The van der Waals surface area contributed by atoms with E-state index in [4.69, 9.17) is 0 Å². The quantitative estimate of drug-likeness (QED) is 0.559. The van der Waals surface area contributed by atoms with E-state index in [1.54, 1.807) is 6.92 Å². The molecule has 0 saturated heterocycles. The van der Waals surface area contributed by atoms with Crippen molar-refractivity contribution in [2.45, 2.75) is 58.4 Å². The highest BCUT2D eigenvalue weighted by Crippen LogP contribution is 2.14. The van der Waals surface area contributed by atoms with Crippen LogP contribution in [-0.2, 0) is 4.79 Å². The lowest BCUT2D eigenvalue weighted by molar-refractivity contribution is -0.144. The van der Waals surface area contributed by atoms with E-state index in [2.05, 4.69) is 31.1 Å². The molecular formula is C14H30N2O2. The smallest absolute Gasteiger partial charge is 0.323 e. The van der Waals surface area contributed by atoms with Gasteiger partial charge in [0.2, 0.25) is 0 Å². The van der Waals surface area contributed by atoms with E-state index in [0.29, 0.717) is 6.42 Å². The number of nitrogens with zero attached hydrogens (tertiary/aromatic N) is 1. The van der Waals surface area contributed by atoms with Gasteiger partial charge in [-0.3, -0.25) is 4.79 Å². The first-order valence-corrected chi connectivity index (χ1v) is 7.13. The summed E-state index contributed by atoms with van der Waals surface area (Å²) in [5.74, 6) is -0.738. The third-order valence-corrected chi connectivity index (χ3v) is 3.31. The van der Waals surface area contributed by atoms with Crippen LogP contribution in [0.4, 0.5) is 0 Å². The molecule has 0 aromatic carbocycles. The van der Waals surface area contributed by atoms with Crippen molar-refractivity contribution in [2.24, 2.45) is 0 Å². The van der Waals surface area contributed by atoms with Crippen molar-refractivity contribution >= 4 is 5.97 Å². The van der Waals surface area contributed by atoms with Crippen molar-refractivity contribution in [1.82, 2.24) is 10.2 Å². The van der Waals surface area contributed by atoms with Gasteiger partial charge in [-0.05, 0) is 65.7 Å². The third-order valence-electron chi connectivity index (χ3n) is 3.31. The summed E-state index contributed by atoms with van der Waals surface area (Å²) in [6.45, 7) is 8.95. The second kappa shape index (κ2) is 9.34. The number of carbonyl (C=O) groups is 1. The first-order valence-electron chi connectivity index (χ1n) is 7.13. The Kier molecular flexibility index (Phi) is 9.02. The molecule has 0 heterocycles. The fraction of sp³-hybridized carbons (Fsp3) is 0.929. The summed E-state index contributed by atoms with van der Waals surface area (Å²) in [4.78, 5) is 13.6. The molecule has 0 aliphatic carbocycles. The van der Waals surface area contributed by atoms with Gasteiger partial charge in [-0.1, -0.05) is 13.8 Å². The Hall–Kier alpha value is -0.610. The number of rotatable bonds is 11. The molecule has 0 aromatic heterocycles. The fourth-order valence-electron chi connectivity index (χ4n) is 2.03. The molecule has 0 spiro atoms. The van der Waals surface area contributed by atoms with Crippen LogP contribution in [0.2, 0.25) is 0 Å². The standard InChI is InChI=1S/C14H30N2O2/c1-5-10-15-14(3,13(17)18)9-7-8-12-16(4)11-6-2/h15H,5-12H2,1-4H3,(H,17,18). The SMILES string of the molecule is CCCNC(C)(CCCCN(C)CCC)C(=O)O. The largest absolute Gasteiger partial charge is 0.480 e. The number of aliphatic carboxylic acids is 1. The minimum atomic E-state index is -0.765. The van der Waals surface area contributed by atoms with Crippen molar-refractivity contribution in [3.63, 3.8) is 0 Å². The molecule has 1 atom stereocenters. The summed E-state index contributed by atoms with van der Waals surface area (Å²) in [5.41, 5.74) is -0.765. The van der Waals surface area contributed by atoms with Crippen molar-refractivity contribution in [1.29, 1.82) is 0 Å². The zero-order valence-corrected chi connectivity index (χ0v) is 12.5. The van der Waals surface area contributed by atoms with Crippen LogP contribution in [0.1, 0.15) is 52.9 Å². The normalized spacial score (nSPS) is 14.7. The molecular weight excluding hydrogens is 228 g/mol. The van der Waals surface area contributed by atoms with Crippen LogP contribution in [0, 0.1) is 0 Å². The summed E-state index contributed by atoms with van der Waals surface area (Å²) in [6.07, 6.45) is 4.84. The predicted molar refractivity (Wildman–Crippen MR) is 76.0 cm³/mol. The van der Waals surface area contributed by atoms with Crippen LogP contribution < -0.4 is 5.32 Å². The highest BCUT2D eigenvalue weighted by Gasteiger charge is 2.31. The molecule has 2 N–H and O–H groups in total. The maximum Gasteiger partial charge on any atom is 0.323 e. The highest BCUT2D eigenvalue weighted by molar-refractivity contribution is 5.78. The van der Waals surface area contributed by atoms with Crippen LogP contribution >= 0.6 is 0 Å². The maximum absolute atomic E-state index is 11.3. The van der Waals surface area contributed by atoms with E-state index in [1.807, 2.05) is 0 Å². The van der Waals surface area contributed by atoms with Gasteiger partial charge in [-0.25, -0.2) is 0 Å². The fourth-order valence-corrected chi connectivity index (χ4v) is 2.03. The van der Waals surface area contributed by atoms with Gasteiger partial charge < -0.3 is 15.3 Å². The Bertz CT molecular complexity index is 234. The molecule has 1 unspecified atom stereocenters. The molecule has 0 aliphatic rings. The highest BCUT2D eigenvalue weighted by atomic mass is 16.4. The second-order valence-electron chi connectivity index (χ2n) is 5.32. The van der Waals surface area contributed by atoms with Crippen LogP contribution in [0.15, 0.2) is 0 Å². The van der Waals surface area contributed by atoms with Crippen molar-refractivity contribution < 1.29 is 9.90 Å². The lowest BCUT2D eigenvalue weighted by Gasteiger charge is -2.26. The first kappa shape index (κ1) is 17.4. The summed E-state index contributed by atoms with van der Waals surface area (Å²) in [5, 5.41) is 12.4. The van der Waals surface area contributed by atoms with Gasteiger partial charge in [0.15, 0.2) is 0 Å². The molecule has 0 radical (unpaired) electrons. The lowest BCUT2D eigenvalue weighted by atomic mass is 9.94. The molecule has 18 heavy (non-hydrogen) atoms. The average Bonchev–Trinajstić information content (AvgIpc) is 2.32. The Balaban J connectivity index is 3.94. The average molecular weight is 258 g/mol. The zero-order valence-electron chi connectivity index (χ0n) is 12.5. The van der Waals surface area contributed by atoms with Crippen LogP contribution in [0.3, 0.4) is 0 Å². The number of nitrogens with one attached hydrogen (secondary N) is 1. The molecule has 4 heteroatoms. The summed E-state index contributed by atoms with van der Waals surface area (Å²) >= 11 is 0. The number of hydrogen-bond donors (Lipinski definition) is 2. The van der Waals surface area contributed by atoms with Gasteiger partial charge >= 0.3 is 5.97 Å². The molecule has 0 aromatic rings. The van der Waals surface area contributed by atoms with E-state index in [0.717, 1.165) is 38.9 Å². The Morgan fingerprint density at radius 2 is 1.89 bits per heavy atom. The summed E-state index contributed by atoms with van der Waals surface area (Å²) in [6, 6.07) is 0. The number of hydrogen-bond acceptors (Lipinski definition) is 3. The van der Waals surface area contributed by atoms with Crippen molar-refractivity contribution in [3.05, 3.63) is 0 Å². The molecule has 0 saturated carbocycles. The maximum atomic E-state index is 11.3. The molecule has 4 nitrogen and oxygen atoms in total. The molecule has 0 rings (SSSR count). The van der Waals surface area contributed by atoms with E-state index < -0.39 is 11.5 Å². The van der Waals surface area contributed by atoms with Crippen LogP contribution in [0.25, 0.3) is 0 Å². The van der Waals surface area contributed by atoms with E-state index >= 15 is 0 Å². The van der Waals surface area contributed by atoms with Gasteiger partial charge in [0.1, 0.15) is 5.54 Å². The Labute approximate surface area is 112 Å². The van der Waals surface area contributed by atoms with Crippen LogP contribution in [0.5, 0.6) is 0 Å². The molecule has 0 aliphatic heterocycles.